The fourth-order valence-corrected chi connectivity index (χ4v) is 1.64. The molecule has 0 aliphatic rings. The van der Waals surface area contributed by atoms with Gasteiger partial charge in [-0.1, -0.05) is 26.7 Å². The molecule has 1 amide bonds. The van der Waals surface area contributed by atoms with Crippen molar-refractivity contribution in [2.24, 2.45) is 5.92 Å². The van der Waals surface area contributed by atoms with Gasteiger partial charge in [0.05, 0.1) is 5.38 Å². The van der Waals surface area contributed by atoms with Gasteiger partial charge in [0.25, 0.3) is 0 Å². The first-order valence-electron chi connectivity index (χ1n) is 4.50. The zero-order valence-corrected chi connectivity index (χ0v) is 8.82. The number of alkyl halides is 1. The molecule has 0 heterocycles. The van der Waals surface area contributed by atoms with E-state index in [9.17, 15) is 4.79 Å². The second kappa shape index (κ2) is 6.30. The van der Waals surface area contributed by atoms with Gasteiger partial charge >= 0.3 is 0 Å². The van der Waals surface area contributed by atoms with Crippen molar-refractivity contribution in [1.82, 2.24) is 5.32 Å². The molecule has 0 saturated heterocycles. The molecule has 1 atom stereocenters. The summed E-state index contributed by atoms with van der Waals surface area (Å²) in [5.74, 6) is 0.505. The Labute approximate surface area is 79.7 Å². The third-order valence-electron chi connectivity index (χ3n) is 2.11. The minimum atomic E-state index is -0.00777. The van der Waals surface area contributed by atoms with Crippen LogP contribution >= 0.6 is 11.6 Å². The highest BCUT2D eigenvalue weighted by atomic mass is 35.5. The smallest absolute Gasteiger partial charge is 0.216 e. The zero-order valence-electron chi connectivity index (χ0n) is 8.06. The van der Waals surface area contributed by atoms with Crippen LogP contribution in [0.3, 0.4) is 0 Å². The Morgan fingerprint density at radius 3 is 2.25 bits per heavy atom. The molecule has 0 aliphatic heterocycles. The first-order chi connectivity index (χ1) is 5.61. The summed E-state index contributed by atoms with van der Waals surface area (Å²) < 4.78 is 0. The van der Waals surface area contributed by atoms with E-state index >= 15 is 0 Å². The molecule has 0 radical (unpaired) electrons. The van der Waals surface area contributed by atoms with Crippen molar-refractivity contribution in [1.29, 1.82) is 0 Å². The highest BCUT2D eigenvalue weighted by Gasteiger charge is 2.15. The van der Waals surface area contributed by atoms with Crippen LogP contribution < -0.4 is 5.32 Å². The molecule has 0 aromatic carbocycles. The van der Waals surface area contributed by atoms with Gasteiger partial charge in [0.2, 0.25) is 5.91 Å². The molecule has 0 aromatic heterocycles. The van der Waals surface area contributed by atoms with Gasteiger partial charge in [0, 0.05) is 13.5 Å². The number of rotatable bonds is 5. The van der Waals surface area contributed by atoms with Crippen LogP contribution in [-0.2, 0) is 4.79 Å². The normalized spacial score (nSPS) is 13.1. The Hall–Kier alpha value is -0.240. The molecule has 2 nitrogen and oxygen atoms in total. The Kier molecular flexibility index (Phi) is 6.17. The van der Waals surface area contributed by atoms with E-state index in [1.54, 1.807) is 0 Å². The largest absolute Gasteiger partial charge is 0.355 e. The maximum Gasteiger partial charge on any atom is 0.216 e. The molecule has 0 bridgehead atoms. The molecule has 0 fully saturated rings. The van der Waals surface area contributed by atoms with E-state index in [1.165, 1.54) is 6.92 Å². The number of halogens is 1. The SMILES string of the molecule is CCC(CC)C(Cl)CNC(C)=O. The van der Waals surface area contributed by atoms with Gasteiger partial charge < -0.3 is 5.32 Å². The van der Waals surface area contributed by atoms with Crippen molar-refractivity contribution in [3.63, 3.8) is 0 Å². The monoisotopic (exact) mass is 191 g/mol. The van der Waals surface area contributed by atoms with Crippen molar-refractivity contribution < 1.29 is 4.79 Å². The second-order valence-corrected chi connectivity index (χ2v) is 3.59. The minimum Gasteiger partial charge on any atom is -0.355 e. The van der Waals surface area contributed by atoms with Gasteiger partial charge in [0.15, 0.2) is 0 Å². The molecular formula is C9H18ClNO. The van der Waals surface area contributed by atoms with E-state index in [0.717, 1.165) is 12.8 Å². The van der Waals surface area contributed by atoms with Crippen LogP contribution in [0, 0.1) is 5.92 Å². The van der Waals surface area contributed by atoms with Crippen LogP contribution in [0.5, 0.6) is 0 Å². The maximum atomic E-state index is 10.6. The fraction of sp³-hybridized carbons (Fsp3) is 0.889. The predicted molar refractivity (Wildman–Crippen MR) is 52.4 cm³/mol. The maximum absolute atomic E-state index is 10.6. The Balaban J connectivity index is 3.68. The molecule has 12 heavy (non-hydrogen) atoms. The summed E-state index contributed by atoms with van der Waals surface area (Å²) in [6.45, 7) is 6.34. The summed E-state index contributed by atoms with van der Waals surface area (Å²) in [5, 5.41) is 2.80. The second-order valence-electron chi connectivity index (χ2n) is 3.03. The average molecular weight is 192 g/mol. The van der Waals surface area contributed by atoms with Crippen LogP contribution in [-0.4, -0.2) is 17.8 Å². The molecule has 0 saturated carbocycles. The minimum absolute atomic E-state index is 0.00777. The van der Waals surface area contributed by atoms with Gasteiger partial charge in [-0.15, -0.1) is 11.6 Å². The standard InChI is InChI=1S/C9H18ClNO/c1-4-8(5-2)9(10)6-11-7(3)12/h8-9H,4-6H2,1-3H3,(H,11,12). The van der Waals surface area contributed by atoms with Gasteiger partial charge in [-0.05, 0) is 5.92 Å². The topological polar surface area (TPSA) is 29.1 Å². The predicted octanol–water partition coefficient (Wildman–Crippen LogP) is 2.17. The molecule has 0 aromatic rings. The highest BCUT2D eigenvalue weighted by molar-refractivity contribution is 6.21. The van der Waals surface area contributed by atoms with Crippen LogP contribution in [0.4, 0.5) is 0 Å². The summed E-state index contributed by atoms with van der Waals surface area (Å²) in [6.07, 6.45) is 2.15. The lowest BCUT2D eigenvalue weighted by Gasteiger charge is -2.18. The summed E-state index contributed by atoms with van der Waals surface area (Å²) >= 11 is 6.08. The Bertz CT molecular complexity index is 134. The van der Waals surface area contributed by atoms with Crippen molar-refractivity contribution in [3.05, 3.63) is 0 Å². The lowest BCUT2D eigenvalue weighted by Crippen LogP contribution is -2.31. The van der Waals surface area contributed by atoms with Crippen LogP contribution in [0.1, 0.15) is 33.6 Å². The lowest BCUT2D eigenvalue weighted by atomic mass is 9.99. The number of amides is 1. The van der Waals surface area contributed by atoms with E-state index in [2.05, 4.69) is 19.2 Å². The van der Waals surface area contributed by atoms with Gasteiger partial charge in [-0.2, -0.15) is 0 Å². The van der Waals surface area contributed by atoms with Crippen molar-refractivity contribution in [3.8, 4) is 0 Å². The molecule has 0 aliphatic carbocycles. The van der Waals surface area contributed by atoms with E-state index in [-0.39, 0.29) is 11.3 Å². The highest BCUT2D eigenvalue weighted by Crippen LogP contribution is 2.17. The first-order valence-corrected chi connectivity index (χ1v) is 4.93. The fourth-order valence-electron chi connectivity index (χ4n) is 1.21. The quantitative estimate of drug-likeness (QED) is 0.664. The van der Waals surface area contributed by atoms with Crippen LogP contribution in [0.2, 0.25) is 0 Å². The van der Waals surface area contributed by atoms with Crippen molar-refractivity contribution in [2.75, 3.05) is 6.54 Å². The van der Waals surface area contributed by atoms with E-state index in [1.807, 2.05) is 0 Å². The number of carbonyl (C=O) groups excluding carboxylic acids is 1. The van der Waals surface area contributed by atoms with E-state index in [0.29, 0.717) is 12.5 Å². The molecule has 1 N–H and O–H groups in total. The molecular weight excluding hydrogens is 174 g/mol. The summed E-state index contributed by atoms with van der Waals surface area (Å²) in [7, 11) is 0. The molecule has 1 unspecified atom stereocenters. The Morgan fingerprint density at radius 1 is 1.42 bits per heavy atom. The third-order valence-corrected chi connectivity index (χ3v) is 2.62. The summed E-state index contributed by atoms with van der Waals surface area (Å²) in [6, 6.07) is 0. The molecule has 72 valence electrons. The first kappa shape index (κ1) is 11.8. The van der Waals surface area contributed by atoms with Crippen LogP contribution in [0.25, 0.3) is 0 Å². The number of hydrogen-bond donors (Lipinski definition) is 1. The number of hydrogen-bond acceptors (Lipinski definition) is 1. The van der Waals surface area contributed by atoms with Gasteiger partial charge in [0.1, 0.15) is 0 Å². The summed E-state index contributed by atoms with van der Waals surface area (Å²) in [5.41, 5.74) is 0. The van der Waals surface area contributed by atoms with Crippen molar-refractivity contribution in [2.45, 2.75) is 39.0 Å². The molecule has 0 rings (SSSR count). The van der Waals surface area contributed by atoms with Crippen LogP contribution in [0.15, 0.2) is 0 Å². The molecule has 0 spiro atoms. The average Bonchev–Trinajstić information content (AvgIpc) is 2.03. The third kappa shape index (κ3) is 4.60. The molecule has 3 heteroatoms. The summed E-state index contributed by atoms with van der Waals surface area (Å²) in [4.78, 5) is 10.6. The van der Waals surface area contributed by atoms with Crippen molar-refractivity contribution >= 4 is 17.5 Å². The zero-order chi connectivity index (χ0) is 9.56. The number of carbonyl (C=O) groups is 1. The van der Waals surface area contributed by atoms with Gasteiger partial charge in [-0.3, -0.25) is 4.79 Å². The van der Waals surface area contributed by atoms with Gasteiger partial charge in [-0.25, -0.2) is 0 Å². The lowest BCUT2D eigenvalue weighted by molar-refractivity contribution is -0.118. The number of nitrogens with one attached hydrogen (secondary N) is 1. The van der Waals surface area contributed by atoms with E-state index < -0.39 is 0 Å². The Morgan fingerprint density at radius 2 is 1.92 bits per heavy atom. The van der Waals surface area contributed by atoms with E-state index in [4.69, 9.17) is 11.6 Å².